The molecule has 114 valence electrons. The van der Waals surface area contributed by atoms with Gasteiger partial charge in [0.25, 0.3) is 0 Å². The highest BCUT2D eigenvalue weighted by Gasteiger charge is 2.35. The maximum Gasteiger partial charge on any atom is 0.319 e. The van der Waals surface area contributed by atoms with Gasteiger partial charge in [-0.05, 0) is 24.1 Å². The van der Waals surface area contributed by atoms with Gasteiger partial charge in [0.2, 0.25) is 0 Å². The molecular weight excluding hydrogens is 272 g/mol. The summed E-state index contributed by atoms with van der Waals surface area (Å²) in [6.45, 7) is 2.47. The Balaban J connectivity index is 1.88. The van der Waals surface area contributed by atoms with Crippen LogP contribution in [0.4, 0.5) is 10.5 Å². The lowest BCUT2D eigenvalue weighted by molar-refractivity contribution is -0.142. The van der Waals surface area contributed by atoms with Crippen LogP contribution >= 0.6 is 0 Å². The monoisotopic (exact) mass is 292 g/mol. The number of carbonyl (C=O) groups is 2. The van der Waals surface area contributed by atoms with Crippen LogP contribution in [0.1, 0.15) is 18.9 Å². The second kappa shape index (κ2) is 7.08. The molecule has 1 aliphatic rings. The Labute approximate surface area is 123 Å². The third-order valence-corrected chi connectivity index (χ3v) is 3.46. The van der Waals surface area contributed by atoms with E-state index in [0.717, 1.165) is 12.8 Å². The highest BCUT2D eigenvalue weighted by Crippen LogP contribution is 2.15. The van der Waals surface area contributed by atoms with E-state index in [1.165, 1.54) is 5.56 Å². The lowest BCUT2D eigenvalue weighted by Gasteiger charge is -2.16. The van der Waals surface area contributed by atoms with E-state index in [4.69, 9.17) is 9.84 Å². The van der Waals surface area contributed by atoms with Crippen molar-refractivity contribution in [3.8, 4) is 0 Å². The van der Waals surface area contributed by atoms with Crippen LogP contribution in [0.5, 0.6) is 0 Å². The van der Waals surface area contributed by atoms with Crippen LogP contribution in [0.2, 0.25) is 0 Å². The van der Waals surface area contributed by atoms with Crippen molar-refractivity contribution >= 4 is 17.7 Å². The predicted molar refractivity (Wildman–Crippen MR) is 78.3 cm³/mol. The zero-order chi connectivity index (χ0) is 15.2. The Kier molecular flexibility index (Phi) is 5.16. The molecule has 2 amide bonds. The Hall–Kier alpha value is -2.08. The molecule has 2 unspecified atom stereocenters. The van der Waals surface area contributed by atoms with Crippen LogP contribution in [0.3, 0.4) is 0 Å². The molecular formula is C15H20N2O4. The van der Waals surface area contributed by atoms with E-state index >= 15 is 0 Å². The minimum Gasteiger partial charge on any atom is -0.481 e. The molecule has 1 aromatic carbocycles. The largest absolute Gasteiger partial charge is 0.481 e. The van der Waals surface area contributed by atoms with E-state index in [2.05, 4.69) is 17.6 Å². The molecule has 3 N–H and O–H groups in total. The van der Waals surface area contributed by atoms with E-state index in [0.29, 0.717) is 5.69 Å². The number of hydrogen-bond acceptors (Lipinski definition) is 3. The molecule has 0 aromatic heterocycles. The van der Waals surface area contributed by atoms with Crippen molar-refractivity contribution in [3.63, 3.8) is 0 Å². The number of aliphatic carboxylic acids is 1. The summed E-state index contributed by atoms with van der Waals surface area (Å²) < 4.78 is 5.10. The number of carbonyl (C=O) groups excluding carboxylic acids is 1. The maximum absolute atomic E-state index is 11.9. The molecule has 1 aromatic rings. The SMILES string of the molecule is CCCc1ccc(NC(=O)NC2COCC2C(=O)O)cc1. The van der Waals surface area contributed by atoms with Gasteiger partial charge in [0.05, 0.1) is 19.3 Å². The lowest BCUT2D eigenvalue weighted by Crippen LogP contribution is -2.44. The number of carboxylic acid groups (broad SMARTS) is 1. The molecule has 0 bridgehead atoms. The van der Waals surface area contributed by atoms with Crippen molar-refractivity contribution in [1.82, 2.24) is 5.32 Å². The molecule has 6 heteroatoms. The maximum atomic E-state index is 11.9. The molecule has 21 heavy (non-hydrogen) atoms. The second-order valence-electron chi connectivity index (χ2n) is 5.13. The summed E-state index contributed by atoms with van der Waals surface area (Å²) >= 11 is 0. The molecule has 0 saturated carbocycles. The smallest absolute Gasteiger partial charge is 0.319 e. The van der Waals surface area contributed by atoms with E-state index in [9.17, 15) is 9.59 Å². The Morgan fingerprint density at radius 3 is 2.62 bits per heavy atom. The molecule has 0 radical (unpaired) electrons. The normalized spacial score (nSPS) is 21.0. The molecule has 2 rings (SSSR count). The topological polar surface area (TPSA) is 87.7 Å². The highest BCUT2D eigenvalue weighted by molar-refractivity contribution is 5.90. The molecule has 1 saturated heterocycles. The molecule has 6 nitrogen and oxygen atoms in total. The lowest BCUT2D eigenvalue weighted by atomic mass is 10.0. The standard InChI is InChI=1S/C15H20N2O4/c1-2-3-10-4-6-11(7-5-10)16-15(20)17-13-9-21-8-12(13)14(18)19/h4-7,12-13H,2-3,8-9H2,1H3,(H,18,19)(H2,16,17,20). The number of aryl methyl sites for hydroxylation is 1. The minimum atomic E-state index is -0.957. The first-order valence-electron chi connectivity index (χ1n) is 7.07. The van der Waals surface area contributed by atoms with Crippen LogP contribution in [0, 0.1) is 5.92 Å². The molecule has 1 heterocycles. The first kappa shape index (κ1) is 15.3. The van der Waals surface area contributed by atoms with Crippen molar-refractivity contribution in [2.24, 2.45) is 5.92 Å². The van der Waals surface area contributed by atoms with Gasteiger partial charge in [-0.1, -0.05) is 25.5 Å². The third kappa shape index (κ3) is 4.19. The van der Waals surface area contributed by atoms with Crippen molar-refractivity contribution < 1.29 is 19.4 Å². The van der Waals surface area contributed by atoms with E-state index in [1.54, 1.807) is 0 Å². The zero-order valence-electron chi connectivity index (χ0n) is 12.0. The summed E-state index contributed by atoms with van der Waals surface area (Å²) in [5.41, 5.74) is 1.90. The summed E-state index contributed by atoms with van der Waals surface area (Å²) in [7, 11) is 0. The van der Waals surface area contributed by atoms with Gasteiger partial charge in [0.1, 0.15) is 5.92 Å². The van der Waals surface area contributed by atoms with Crippen molar-refractivity contribution in [2.75, 3.05) is 18.5 Å². The number of benzene rings is 1. The van der Waals surface area contributed by atoms with Crippen LogP contribution in [-0.4, -0.2) is 36.4 Å². The van der Waals surface area contributed by atoms with Gasteiger partial charge < -0.3 is 20.5 Å². The van der Waals surface area contributed by atoms with E-state index in [1.807, 2.05) is 24.3 Å². The Bertz CT molecular complexity index is 501. The van der Waals surface area contributed by atoms with Gasteiger partial charge in [-0.25, -0.2) is 4.79 Å². The number of hydrogen-bond donors (Lipinski definition) is 3. The number of anilines is 1. The summed E-state index contributed by atoms with van der Waals surface area (Å²) in [4.78, 5) is 22.9. The van der Waals surface area contributed by atoms with Gasteiger partial charge >= 0.3 is 12.0 Å². The number of ether oxygens (including phenoxy) is 1. The van der Waals surface area contributed by atoms with Gasteiger partial charge in [0.15, 0.2) is 0 Å². The average Bonchev–Trinajstić information content (AvgIpc) is 2.89. The fourth-order valence-electron chi connectivity index (χ4n) is 2.32. The summed E-state index contributed by atoms with van der Waals surface area (Å²) in [6, 6.07) is 6.70. The van der Waals surface area contributed by atoms with Crippen LogP contribution in [0.15, 0.2) is 24.3 Å². The van der Waals surface area contributed by atoms with Crippen molar-refractivity contribution in [1.29, 1.82) is 0 Å². The van der Waals surface area contributed by atoms with E-state index < -0.39 is 24.0 Å². The minimum absolute atomic E-state index is 0.131. The summed E-state index contributed by atoms with van der Waals surface area (Å²) in [5, 5.41) is 14.4. The number of carboxylic acids is 1. The zero-order valence-corrected chi connectivity index (χ0v) is 12.0. The number of amides is 2. The van der Waals surface area contributed by atoms with Crippen molar-refractivity contribution in [2.45, 2.75) is 25.8 Å². The molecule has 1 aliphatic heterocycles. The number of urea groups is 1. The van der Waals surface area contributed by atoms with Gasteiger partial charge in [-0.3, -0.25) is 4.79 Å². The van der Waals surface area contributed by atoms with Gasteiger partial charge in [0, 0.05) is 5.69 Å². The molecule has 1 fully saturated rings. The van der Waals surface area contributed by atoms with Crippen LogP contribution < -0.4 is 10.6 Å². The first-order chi connectivity index (χ1) is 10.1. The summed E-state index contributed by atoms with van der Waals surface area (Å²) in [6.07, 6.45) is 2.08. The quantitative estimate of drug-likeness (QED) is 0.773. The van der Waals surface area contributed by atoms with E-state index in [-0.39, 0.29) is 13.2 Å². The number of rotatable bonds is 5. The number of nitrogens with one attached hydrogen (secondary N) is 2. The van der Waals surface area contributed by atoms with Crippen molar-refractivity contribution in [3.05, 3.63) is 29.8 Å². The average molecular weight is 292 g/mol. The second-order valence-corrected chi connectivity index (χ2v) is 5.13. The van der Waals surface area contributed by atoms with Crippen LogP contribution in [-0.2, 0) is 16.0 Å². The van der Waals surface area contributed by atoms with Crippen LogP contribution in [0.25, 0.3) is 0 Å². The summed E-state index contributed by atoms with van der Waals surface area (Å²) in [5.74, 6) is -1.65. The predicted octanol–water partition coefficient (Wildman–Crippen LogP) is 1.86. The Morgan fingerprint density at radius 2 is 2.00 bits per heavy atom. The third-order valence-electron chi connectivity index (χ3n) is 3.46. The van der Waals surface area contributed by atoms with Gasteiger partial charge in [-0.15, -0.1) is 0 Å². The fraction of sp³-hybridized carbons (Fsp3) is 0.467. The highest BCUT2D eigenvalue weighted by atomic mass is 16.5. The fourth-order valence-corrected chi connectivity index (χ4v) is 2.32. The molecule has 0 spiro atoms. The molecule has 2 atom stereocenters. The molecule has 0 aliphatic carbocycles. The van der Waals surface area contributed by atoms with Gasteiger partial charge in [-0.2, -0.15) is 0 Å². The Morgan fingerprint density at radius 1 is 1.29 bits per heavy atom. The first-order valence-corrected chi connectivity index (χ1v) is 7.07.